The molecule has 3 rings (SSSR count). The summed E-state index contributed by atoms with van der Waals surface area (Å²) >= 11 is 0. The molecule has 0 aliphatic heterocycles. The summed E-state index contributed by atoms with van der Waals surface area (Å²) in [6.45, 7) is 4.19. The first-order valence-corrected chi connectivity index (χ1v) is 7.51. The Morgan fingerprint density at radius 2 is 2.04 bits per heavy atom. The van der Waals surface area contributed by atoms with Crippen LogP contribution < -0.4 is 10.1 Å². The van der Waals surface area contributed by atoms with Crippen molar-refractivity contribution in [2.24, 2.45) is 0 Å². The highest BCUT2D eigenvalue weighted by Gasteiger charge is 2.12. The highest BCUT2D eigenvalue weighted by Crippen LogP contribution is 2.29. The number of benzene rings is 2. The van der Waals surface area contributed by atoms with Crippen LogP contribution in [0.15, 0.2) is 42.7 Å². The van der Waals surface area contributed by atoms with Crippen molar-refractivity contribution in [3.05, 3.63) is 53.9 Å². The monoisotopic (exact) mass is 309 g/mol. The second-order valence-corrected chi connectivity index (χ2v) is 5.70. The summed E-state index contributed by atoms with van der Waals surface area (Å²) in [5, 5.41) is 2.93. The van der Waals surface area contributed by atoms with Gasteiger partial charge in [0.25, 0.3) is 5.91 Å². The number of aromatic amines is 1. The van der Waals surface area contributed by atoms with Crippen molar-refractivity contribution in [3.8, 4) is 5.75 Å². The number of aromatic nitrogens is 2. The molecule has 0 saturated heterocycles. The molecule has 0 radical (unpaired) electrons. The maximum atomic E-state index is 12.4. The van der Waals surface area contributed by atoms with E-state index < -0.39 is 0 Å². The highest BCUT2D eigenvalue weighted by molar-refractivity contribution is 6.06. The van der Waals surface area contributed by atoms with E-state index in [2.05, 4.69) is 29.1 Å². The largest absolute Gasteiger partial charge is 0.496 e. The lowest BCUT2D eigenvalue weighted by Crippen LogP contribution is -2.12. The number of fused-ring (bicyclic) bond motifs is 1. The molecule has 2 aromatic carbocycles. The van der Waals surface area contributed by atoms with Gasteiger partial charge >= 0.3 is 0 Å². The fourth-order valence-corrected chi connectivity index (χ4v) is 2.54. The fourth-order valence-electron chi connectivity index (χ4n) is 2.54. The number of carbonyl (C=O) groups excluding carboxylic acids is 1. The van der Waals surface area contributed by atoms with Gasteiger partial charge in [-0.1, -0.05) is 13.8 Å². The van der Waals surface area contributed by atoms with Gasteiger partial charge in [-0.3, -0.25) is 4.79 Å². The van der Waals surface area contributed by atoms with E-state index in [1.807, 2.05) is 24.3 Å². The van der Waals surface area contributed by atoms with Crippen LogP contribution in [0, 0.1) is 0 Å². The van der Waals surface area contributed by atoms with Crippen molar-refractivity contribution in [1.29, 1.82) is 0 Å². The van der Waals surface area contributed by atoms with Gasteiger partial charge in [0.05, 0.1) is 24.5 Å². The molecule has 0 unspecified atom stereocenters. The predicted molar refractivity (Wildman–Crippen MR) is 91.1 cm³/mol. The van der Waals surface area contributed by atoms with Crippen LogP contribution in [0.25, 0.3) is 11.0 Å². The first-order valence-electron chi connectivity index (χ1n) is 7.51. The van der Waals surface area contributed by atoms with E-state index in [9.17, 15) is 4.79 Å². The topological polar surface area (TPSA) is 67.0 Å². The molecule has 0 bridgehead atoms. The third kappa shape index (κ3) is 3.04. The minimum atomic E-state index is -0.152. The molecule has 0 aliphatic carbocycles. The number of hydrogen-bond donors (Lipinski definition) is 2. The molecule has 1 aromatic heterocycles. The number of ether oxygens (including phenoxy) is 1. The van der Waals surface area contributed by atoms with Crippen molar-refractivity contribution in [1.82, 2.24) is 9.97 Å². The van der Waals surface area contributed by atoms with Gasteiger partial charge in [0.2, 0.25) is 0 Å². The van der Waals surface area contributed by atoms with E-state index in [1.54, 1.807) is 25.6 Å². The van der Waals surface area contributed by atoms with Gasteiger partial charge in [-0.05, 0) is 47.9 Å². The zero-order valence-corrected chi connectivity index (χ0v) is 13.4. The van der Waals surface area contributed by atoms with Crippen LogP contribution >= 0.6 is 0 Å². The Labute approximate surface area is 134 Å². The molecule has 0 fully saturated rings. The first kappa shape index (κ1) is 15.1. The number of amides is 1. The van der Waals surface area contributed by atoms with Gasteiger partial charge in [-0.25, -0.2) is 4.98 Å². The van der Waals surface area contributed by atoms with Crippen LogP contribution in [-0.2, 0) is 0 Å². The minimum absolute atomic E-state index is 0.152. The van der Waals surface area contributed by atoms with Crippen molar-refractivity contribution in [2.75, 3.05) is 12.4 Å². The summed E-state index contributed by atoms with van der Waals surface area (Å²) in [4.78, 5) is 19.6. The third-order valence-electron chi connectivity index (χ3n) is 3.79. The average molecular weight is 309 g/mol. The molecular weight excluding hydrogens is 290 g/mol. The van der Waals surface area contributed by atoms with Crippen molar-refractivity contribution in [2.45, 2.75) is 19.8 Å². The fraction of sp³-hybridized carbons (Fsp3) is 0.222. The Morgan fingerprint density at radius 1 is 1.22 bits per heavy atom. The minimum Gasteiger partial charge on any atom is -0.496 e. The van der Waals surface area contributed by atoms with Crippen LogP contribution in [0.5, 0.6) is 5.75 Å². The Morgan fingerprint density at radius 3 is 2.78 bits per heavy atom. The Balaban J connectivity index is 1.85. The molecular formula is C18H19N3O2. The van der Waals surface area contributed by atoms with Gasteiger partial charge in [0.1, 0.15) is 5.75 Å². The summed E-state index contributed by atoms with van der Waals surface area (Å²) in [6.07, 6.45) is 1.62. The number of rotatable bonds is 4. The summed E-state index contributed by atoms with van der Waals surface area (Å²) in [5.41, 5.74) is 4.09. The Hall–Kier alpha value is -2.82. The maximum absolute atomic E-state index is 12.4. The van der Waals surface area contributed by atoms with E-state index in [0.29, 0.717) is 11.5 Å². The molecule has 1 amide bonds. The summed E-state index contributed by atoms with van der Waals surface area (Å²) in [7, 11) is 1.65. The normalized spacial score (nSPS) is 11.0. The van der Waals surface area contributed by atoms with E-state index in [4.69, 9.17) is 4.74 Å². The number of hydrogen-bond acceptors (Lipinski definition) is 3. The van der Waals surface area contributed by atoms with Gasteiger partial charge in [0, 0.05) is 11.3 Å². The number of nitrogens with zero attached hydrogens (tertiary/aromatic N) is 1. The van der Waals surface area contributed by atoms with Crippen molar-refractivity contribution < 1.29 is 9.53 Å². The van der Waals surface area contributed by atoms with Crippen molar-refractivity contribution in [3.63, 3.8) is 0 Å². The van der Waals surface area contributed by atoms with E-state index in [-0.39, 0.29) is 5.91 Å². The quantitative estimate of drug-likeness (QED) is 0.767. The van der Waals surface area contributed by atoms with Gasteiger partial charge in [-0.15, -0.1) is 0 Å². The predicted octanol–water partition coefficient (Wildman–Crippen LogP) is 3.95. The number of carbonyl (C=O) groups is 1. The lowest BCUT2D eigenvalue weighted by atomic mass is 10.0. The Bertz CT molecular complexity index is 852. The number of imidazole rings is 1. The van der Waals surface area contributed by atoms with Gasteiger partial charge < -0.3 is 15.0 Å². The van der Waals surface area contributed by atoms with Crippen LogP contribution in [-0.4, -0.2) is 23.0 Å². The zero-order chi connectivity index (χ0) is 16.4. The molecule has 0 aliphatic rings. The first-order chi connectivity index (χ1) is 11.1. The molecule has 3 aromatic rings. The van der Waals surface area contributed by atoms with Gasteiger partial charge in [-0.2, -0.15) is 0 Å². The van der Waals surface area contributed by atoms with Gasteiger partial charge in [0.15, 0.2) is 0 Å². The second kappa shape index (κ2) is 6.12. The molecule has 5 nitrogen and oxygen atoms in total. The second-order valence-electron chi connectivity index (χ2n) is 5.70. The molecule has 1 heterocycles. The van der Waals surface area contributed by atoms with Crippen LogP contribution in [0.2, 0.25) is 0 Å². The average Bonchev–Trinajstić information content (AvgIpc) is 3.02. The van der Waals surface area contributed by atoms with E-state index >= 15 is 0 Å². The summed E-state index contributed by atoms with van der Waals surface area (Å²) in [6, 6.07) is 11.1. The smallest absolute Gasteiger partial charge is 0.255 e. The zero-order valence-electron chi connectivity index (χ0n) is 13.4. The summed E-state index contributed by atoms with van der Waals surface area (Å²) < 4.78 is 5.37. The van der Waals surface area contributed by atoms with Crippen LogP contribution in [0.1, 0.15) is 35.7 Å². The molecule has 23 heavy (non-hydrogen) atoms. The van der Waals surface area contributed by atoms with Crippen LogP contribution in [0.3, 0.4) is 0 Å². The highest BCUT2D eigenvalue weighted by atomic mass is 16.5. The molecule has 0 spiro atoms. The van der Waals surface area contributed by atoms with Crippen LogP contribution in [0.4, 0.5) is 5.69 Å². The standard InChI is InChI=1S/C18H19N3O2/c1-11(2)14-9-13(5-7-17(14)23-3)21-18(22)12-4-6-15-16(8-12)20-10-19-15/h4-11H,1-3H3,(H,19,20)(H,21,22). The van der Waals surface area contributed by atoms with E-state index in [0.717, 1.165) is 28.0 Å². The molecule has 0 saturated carbocycles. The van der Waals surface area contributed by atoms with Crippen molar-refractivity contribution >= 4 is 22.6 Å². The lowest BCUT2D eigenvalue weighted by molar-refractivity contribution is 0.102. The third-order valence-corrected chi connectivity index (χ3v) is 3.79. The SMILES string of the molecule is COc1ccc(NC(=O)c2ccc3nc[nH]c3c2)cc1C(C)C. The number of nitrogens with one attached hydrogen (secondary N) is 2. The molecule has 0 atom stereocenters. The number of methoxy groups -OCH3 is 1. The number of H-pyrrole nitrogens is 1. The maximum Gasteiger partial charge on any atom is 0.255 e. The van der Waals surface area contributed by atoms with E-state index in [1.165, 1.54) is 0 Å². The Kier molecular flexibility index (Phi) is 4.02. The molecule has 118 valence electrons. The molecule has 2 N–H and O–H groups in total. The molecule has 5 heteroatoms. The summed E-state index contributed by atoms with van der Waals surface area (Å²) in [5.74, 6) is 0.987. The lowest BCUT2D eigenvalue weighted by Gasteiger charge is -2.14. The number of anilines is 1.